The minimum absolute atomic E-state index is 0. The molecule has 0 unspecified atom stereocenters. The van der Waals surface area contributed by atoms with Gasteiger partial charge < -0.3 is 20.0 Å². The maximum atomic E-state index is 12.5. The molecule has 2 fully saturated rings. The number of anilines is 1. The van der Waals surface area contributed by atoms with E-state index >= 15 is 0 Å². The number of nitrogens with one attached hydrogen (secondary N) is 1. The third kappa shape index (κ3) is 6.06. The van der Waals surface area contributed by atoms with E-state index in [0.717, 1.165) is 31.2 Å². The number of guanidine groups is 1. The molecule has 0 saturated carbocycles. The maximum absolute atomic E-state index is 12.5. The van der Waals surface area contributed by atoms with Crippen LogP contribution in [0.1, 0.15) is 25.7 Å². The highest BCUT2D eigenvalue weighted by Gasteiger charge is 2.27. The van der Waals surface area contributed by atoms with Gasteiger partial charge in [-0.05, 0) is 45.3 Å². The van der Waals surface area contributed by atoms with Crippen molar-refractivity contribution in [3.8, 4) is 0 Å². The van der Waals surface area contributed by atoms with Crippen molar-refractivity contribution >= 4 is 41.5 Å². The number of hydrogen-bond acceptors (Lipinski definition) is 4. The topological polar surface area (TPSA) is 69.0 Å². The molecule has 0 aromatic carbocycles. The van der Waals surface area contributed by atoms with E-state index in [1.165, 1.54) is 38.9 Å². The SMILES string of the molecule is CN=C(NCCCCN1CCCC1)N1CCN(c2cnn(C)c2)C(=O)C1.I. The number of nitrogens with zero attached hydrogens (tertiary/aromatic N) is 6. The molecule has 27 heavy (non-hydrogen) atoms. The number of carbonyl (C=O) groups excluding carboxylic acids is 1. The predicted molar refractivity (Wildman–Crippen MR) is 119 cm³/mol. The quantitative estimate of drug-likeness (QED) is 0.281. The lowest BCUT2D eigenvalue weighted by Crippen LogP contribution is -2.55. The number of aromatic nitrogens is 2. The van der Waals surface area contributed by atoms with Gasteiger partial charge in [-0.15, -0.1) is 24.0 Å². The van der Waals surface area contributed by atoms with E-state index in [1.54, 1.807) is 22.8 Å². The standard InChI is InChI=1S/C18H31N7O.HI/c1-19-18(20-7-3-4-8-23-9-5-6-10-23)24-11-12-25(17(26)15-24)16-13-21-22(2)14-16;/h13-14H,3-12,15H2,1-2H3,(H,19,20);1H. The molecule has 3 rings (SSSR count). The third-order valence-electron chi connectivity index (χ3n) is 5.12. The van der Waals surface area contributed by atoms with Gasteiger partial charge in [0.05, 0.1) is 11.9 Å². The van der Waals surface area contributed by atoms with Gasteiger partial charge in [-0.3, -0.25) is 14.5 Å². The molecule has 2 aliphatic heterocycles. The van der Waals surface area contributed by atoms with Crippen LogP contribution >= 0.6 is 24.0 Å². The average molecular weight is 489 g/mol. The van der Waals surface area contributed by atoms with Crippen LogP contribution in [0.3, 0.4) is 0 Å². The fourth-order valence-electron chi connectivity index (χ4n) is 3.67. The molecule has 0 aliphatic carbocycles. The number of piperazine rings is 1. The Hall–Kier alpha value is -1.36. The molecule has 0 radical (unpaired) electrons. The maximum Gasteiger partial charge on any atom is 0.246 e. The second-order valence-corrected chi connectivity index (χ2v) is 7.07. The van der Waals surface area contributed by atoms with Crippen LogP contribution in [0.25, 0.3) is 0 Å². The third-order valence-corrected chi connectivity index (χ3v) is 5.12. The highest BCUT2D eigenvalue weighted by Crippen LogP contribution is 2.16. The molecular weight excluding hydrogens is 457 g/mol. The fraction of sp³-hybridized carbons (Fsp3) is 0.722. The van der Waals surface area contributed by atoms with Crippen LogP contribution in [-0.4, -0.2) is 84.3 Å². The average Bonchev–Trinajstić information content (AvgIpc) is 3.30. The van der Waals surface area contributed by atoms with Gasteiger partial charge in [0, 0.05) is 39.9 Å². The van der Waals surface area contributed by atoms with Crippen molar-refractivity contribution in [2.75, 3.05) is 57.8 Å². The Balaban J connectivity index is 0.00000261. The number of halogens is 1. The summed E-state index contributed by atoms with van der Waals surface area (Å²) >= 11 is 0. The van der Waals surface area contributed by atoms with Gasteiger partial charge in [0.15, 0.2) is 5.96 Å². The highest BCUT2D eigenvalue weighted by molar-refractivity contribution is 14.0. The fourth-order valence-corrected chi connectivity index (χ4v) is 3.67. The van der Waals surface area contributed by atoms with E-state index in [9.17, 15) is 4.79 Å². The Kier molecular flexibility index (Phi) is 8.81. The zero-order chi connectivity index (χ0) is 18.4. The van der Waals surface area contributed by atoms with Gasteiger partial charge in [0.25, 0.3) is 0 Å². The zero-order valence-electron chi connectivity index (χ0n) is 16.4. The van der Waals surface area contributed by atoms with E-state index in [4.69, 9.17) is 0 Å². The van der Waals surface area contributed by atoms with Crippen LogP contribution < -0.4 is 10.2 Å². The van der Waals surface area contributed by atoms with Crippen LogP contribution in [0.15, 0.2) is 17.4 Å². The van der Waals surface area contributed by atoms with Crippen LogP contribution in [-0.2, 0) is 11.8 Å². The molecule has 2 saturated heterocycles. The van der Waals surface area contributed by atoms with E-state index in [2.05, 4.69) is 20.3 Å². The molecule has 8 nitrogen and oxygen atoms in total. The van der Waals surface area contributed by atoms with Crippen molar-refractivity contribution in [2.45, 2.75) is 25.7 Å². The number of likely N-dealkylation sites (tertiary alicyclic amines) is 1. The predicted octanol–water partition coefficient (Wildman–Crippen LogP) is 1.14. The molecule has 0 bridgehead atoms. The number of aryl methyl sites for hydroxylation is 1. The van der Waals surface area contributed by atoms with Crippen LogP contribution in [0.4, 0.5) is 5.69 Å². The Labute approximate surface area is 179 Å². The Morgan fingerprint density at radius 3 is 2.63 bits per heavy atom. The zero-order valence-corrected chi connectivity index (χ0v) is 18.8. The number of amides is 1. The molecule has 152 valence electrons. The molecule has 9 heteroatoms. The summed E-state index contributed by atoms with van der Waals surface area (Å²) in [5, 5.41) is 7.57. The van der Waals surface area contributed by atoms with Crippen molar-refractivity contribution in [1.82, 2.24) is 24.9 Å². The van der Waals surface area contributed by atoms with Crippen LogP contribution in [0.2, 0.25) is 0 Å². The Bertz CT molecular complexity index is 627. The van der Waals surface area contributed by atoms with Crippen LogP contribution in [0.5, 0.6) is 0 Å². The summed E-state index contributed by atoms with van der Waals surface area (Å²) in [5.74, 6) is 0.909. The number of carbonyl (C=O) groups is 1. The molecule has 2 aliphatic rings. The smallest absolute Gasteiger partial charge is 0.246 e. The van der Waals surface area contributed by atoms with Gasteiger partial charge in [0.1, 0.15) is 6.54 Å². The first-order valence-electron chi connectivity index (χ1n) is 9.64. The summed E-state index contributed by atoms with van der Waals surface area (Å²) in [5.41, 5.74) is 0.863. The van der Waals surface area contributed by atoms with E-state index in [-0.39, 0.29) is 29.9 Å². The molecule has 0 atom stereocenters. The molecule has 1 N–H and O–H groups in total. The van der Waals surface area contributed by atoms with Gasteiger partial charge in [-0.2, -0.15) is 5.10 Å². The lowest BCUT2D eigenvalue weighted by molar-refractivity contribution is -0.120. The number of hydrogen-bond donors (Lipinski definition) is 1. The Morgan fingerprint density at radius 2 is 2.00 bits per heavy atom. The van der Waals surface area contributed by atoms with E-state index < -0.39 is 0 Å². The molecule has 3 heterocycles. The van der Waals surface area contributed by atoms with Crippen molar-refractivity contribution in [1.29, 1.82) is 0 Å². The molecule has 0 spiro atoms. The van der Waals surface area contributed by atoms with Gasteiger partial charge in [-0.1, -0.05) is 0 Å². The second-order valence-electron chi connectivity index (χ2n) is 7.07. The molecular formula is C18H32IN7O. The van der Waals surface area contributed by atoms with Crippen molar-refractivity contribution in [3.63, 3.8) is 0 Å². The molecule has 1 aromatic rings. The summed E-state index contributed by atoms with van der Waals surface area (Å²) in [6.45, 7) is 6.40. The van der Waals surface area contributed by atoms with Gasteiger partial charge in [-0.25, -0.2) is 0 Å². The van der Waals surface area contributed by atoms with Gasteiger partial charge >= 0.3 is 0 Å². The molecule has 1 amide bonds. The second kappa shape index (κ2) is 10.8. The van der Waals surface area contributed by atoms with E-state index in [1.807, 2.05) is 18.1 Å². The first kappa shape index (κ1) is 21.9. The normalized spacial score (nSPS) is 18.7. The highest BCUT2D eigenvalue weighted by atomic mass is 127. The summed E-state index contributed by atoms with van der Waals surface area (Å²) in [6, 6.07) is 0. The van der Waals surface area contributed by atoms with Crippen molar-refractivity contribution in [3.05, 3.63) is 12.4 Å². The summed E-state index contributed by atoms with van der Waals surface area (Å²) in [4.78, 5) is 23.3. The number of unbranched alkanes of at least 4 members (excludes halogenated alkanes) is 1. The number of aliphatic imine (C=N–C) groups is 1. The van der Waals surface area contributed by atoms with Crippen LogP contribution in [0, 0.1) is 0 Å². The summed E-state index contributed by atoms with van der Waals surface area (Å²) < 4.78 is 1.72. The van der Waals surface area contributed by atoms with Crippen molar-refractivity contribution < 1.29 is 4.79 Å². The largest absolute Gasteiger partial charge is 0.356 e. The van der Waals surface area contributed by atoms with Crippen molar-refractivity contribution in [2.24, 2.45) is 12.0 Å². The van der Waals surface area contributed by atoms with Gasteiger partial charge in [0.2, 0.25) is 5.91 Å². The first-order valence-corrected chi connectivity index (χ1v) is 9.64. The Morgan fingerprint density at radius 1 is 1.22 bits per heavy atom. The number of rotatable bonds is 6. The lowest BCUT2D eigenvalue weighted by Gasteiger charge is -2.35. The van der Waals surface area contributed by atoms with E-state index in [0.29, 0.717) is 13.1 Å². The monoisotopic (exact) mass is 489 g/mol. The minimum Gasteiger partial charge on any atom is -0.356 e. The lowest BCUT2D eigenvalue weighted by atomic mass is 10.3. The minimum atomic E-state index is 0. The first-order chi connectivity index (χ1) is 12.7. The summed E-state index contributed by atoms with van der Waals surface area (Å²) in [6.07, 6.45) is 8.65. The molecule has 1 aromatic heterocycles. The summed E-state index contributed by atoms with van der Waals surface area (Å²) in [7, 11) is 3.64.